The van der Waals surface area contributed by atoms with Crippen LogP contribution >= 0.6 is 11.6 Å². The highest BCUT2D eigenvalue weighted by Gasteiger charge is 2.24. The molecule has 0 spiro atoms. The molecule has 5 heteroatoms. The van der Waals surface area contributed by atoms with Gasteiger partial charge in [-0.25, -0.2) is 5.06 Å². The van der Waals surface area contributed by atoms with Crippen molar-refractivity contribution in [1.29, 1.82) is 0 Å². The van der Waals surface area contributed by atoms with Crippen molar-refractivity contribution in [3.63, 3.8) is 0 Å². The Hall–Kier alpha value is -1.26. The number of amides is 1. The Labute approximate surface area is 111 Å². The molecule has 1 saturated heterocycles. The first kappa shape index (κ1) is 13.2. The number of carbonyl (C=O) groups is 1. The largest absolute Gasteiger partial charge is 0.481 e. The van der Waals surface area contributed by atoms with E-state index in [0.29, 0.717) is 23.9 Å². The number of hydroxylamine groups is 2. The van der Waals surface area contributed by atoms with Gasteiger partial charge in [0, 0.05) is 11.6 Å². The number of benzene rings is 1. The van der Waals surface area contributed by atoms with Gasteiger partial charge in [0.25, 0.3) is 5.91 Å². The summed E-state index contributed by atoms with van der Waals surface area (Å²) in [4.78, 5) is 17.3. The maximum Gasteiger partial charge on any atom is 0.286 e. The smallest absolute Gasteiger partial charge is 0.286 e. The van der Waals surface area contributed by atoms with Crippen molar-refractivity contribution >= 4 is 17.5 Å². The van der Waals surface area contributed by atoms with E-state index in [4.69, 9.17) is 21.2 Å². The lowest BCUT2D eigenvalue weighted by atomic mass is 10.2. The molecule has 0 radical (unpaired) electrons. The minimum atomic E-state index is -0.582. The number of rotatable bonds is 3. The average Bonchev–Trinajstić information content (AvgIpc) is 2.39. The molecule has 1 fully saturated rings. The van der Waals surface area contributed by atoms with Crippen molar-refractivity contribution in [2.24, 2.45) is 0 Å². The van der Waals surface area contributed by atoms with Gasteiger partial charge in [-0.3, -0.25) is 9.63 Å². The Kier molecular flexibility index (Phi) is 4.44. The lowest BCUT2D eigenvalue weighted by Gasteiger charge is -2.28. The molecular weight excluding hydrogens is 254 g/mol. The number of carbonyl (C=O) groups excluding carboxylic acids is 1. The average molecular weight is 270 g/mol. The van der Waals surface area contributed by atoms with Gasteiger partial charge in [-0.2, -0.15) is 0 Å². The van der Waals surface area contributed by atoms with Gasteiger partial charge < -0.3 is 4.74 Å². The second-order valence-corrected chi connectivity index (χ2v) is 4.63. The lowest BCUT2D eigenvalue weighted by molar-refractivity contribution is -0.202. The van der Waals surface area contributed by atoms with Crippen LogP contribution in [0.15, 0.2) is 24.3 Å². The summed E-state index contributed by atoms with van der Waals surface area (Å²) in [5, 5.41) is 1.97. The standard InChI is InChI=1S/C13H16ClNO3/c1-10(13(16)15-7-2-3-8-17-15)18-12-6-4-5-11(14)9-12/h4-6,9-10H,2-3,7-8H2,1H3. The lowest BCUT2D eigenvalue weighted by Crippen LogP contribution is -2.43. The second-order valence-electron chi connectivity index (χ2n) is 4.20. The summed E-state index contributed by atoms with van der Waals surface area (Å²) < 4.78 is 5.55. The number of ether oxygens (including phenoxy) is 1. The van der Waals surface area contributed by atoms with Crippen molar-refractivity contribution in [1.82, 2.24) is 5.06 Å². The molecule has 0 aliphatic carbocycles. The number of nitrogens with zero attached hydrogens (tertiary/aromatic N) is 1. The van der Waals surface area contributed by atoms with Crippen LogP contribution in [0.5, 0.6) is 5.75 Å². The molecule has 0 saturated carbocycles. The van der Waals surface area contributed by atoms with Crippen LogP contribution in [0.4, 0.5) is 0 Å². The summed E-state index contributed by atoms with van der Waals surface area (Å²) >= 11 is 5.86. The quantitative estimate of drug-likeness (QED) is 0.847. The van der Waals surface area contributed by atoms with Crippen LogP contribution in [0.25, 0.3) is 0 Å². The Morgan fingerprint density at radius 2 is 2.33 bits per heavy atom. The molecule has 1 unspecified atom stereocenters. The molecule has 1 atom stereocenters. The van der Waals surface area contributed by atoms with Crippen LogP contribution in [-0.2, 0) is 9.63 Å². The molecule has 4 nitrogen and oxygen atoms in total. The third-order valence-corrected chi connectivity index (χ3v) is 2.94. The molecule has 2 rings (SSSR count). The zero-order valence-corrected chi connectivity index (χ0v) is 11.0. The summed E-state index contributed by atoms with van der Waals surface area (Å²) in [6.07, 6.45) is 1.38. The SMILES string of the molecule is CC(Oc1cccc(Cl)c1)C(=O)N1CCCCO1. The fourth-order valence-electron chi connectivity index (χ4n) is 1.77. The van der Waals surface area contributed by atoms with E-state index >= 15 is 0 Å². The third kappa shape index (κ3) is 3.37. The Morgan fingerprint density at radius 1 is 1.50 bits per heavy atom. The van der Waals surface area contributed by atoms with Gasteiger partial charge in [-0.1, -0.05) is 17.7 Å². The molecule has 1 aliphatic rings. The first-order valence-electron chi connectivity index (χ1n) is 6.03. The normalized spacial score (nSPS) is 17.3. The highest BCUT2D eigenvalue weighted by Crippen LogP contribution is 2.19. The van der Waals surface area contributed by atoms with E-state index in [1.165, 1.54) is 5.06 Å². The maximum absolute atomic E-state index is 12.0. The van der Waals surface area contributed by atoms with Gasteiger partial charge >= 0.3 is 0 Å². The number of halogens is 1. The Bertz CT molecular complexity index is 418. The molecule has 0 bridgehead atoms. The monoisotopic (exact) mass is 269 g/mol. The molecule has 1 amide bonds. The highest BCUT2D eigenvalue weighted by atomic mass is 35.5. The molecule has 18 heavy (non-hydrogen) atoms. The summed E-state index contributed by atoms with van der Waals surface area (Å²) in [6.45, 7) is 2.93. The van der Waals surface area contributed by atoms with Gasteiger partial charge in [-0.05, 0) is 38.0 Å². The van der Waals surface area contributed by atoms with Crippen molar-refractivity contribution in [3.8, 4) is 5.75 Å². The molecule has 1 aromatic rings. The predicted octanol–water partition coefficient (Wildman–Crippen LogP) is 2.66. The molecule has 1 aromatic carbocycles. The second kappa shape index (κ2) is 6.07. The van der Waals surface area contributed by atoms with Gasteiger partial charge in [0.05, 0.1) is 6.61 Å². The molecule has 1 aliphatic heterocycles. The summed E-state index contributed by atoms with van der Waals surface area (Å²) in [6, 6.07) is 7.00. The predicted molar refractivity (Wildman–Crippen MR) is 68.4 cm³/mol. The minimum absolute atomic E-state index is 0.158. The molecule has 0 N–H and O–H groups in total. The van der Waals surface area contributed by atoms with Crippen LogP contribution < -0.4 is 4.74 Å². The summed E-state index contributed by atoms with van der Waals surface area (Å²) in [7, 11) is 0. The van der Waals surface area contributed by atoms with Crippen LogP contribution in [0.2, 0.25) is 5.02 Å². The molecule has 1 heterocycles. The topological polar surface area (TPSA) is 38.8 Å². The Morgan fingerprint density at radius 3 is 3.00 bits per heavy atom. The zero-order valence-electron chi connectivity index (χ0n) is 10.3. The highest BCUT2D eigenvalue weighted by molar-refractivity contribution is 6.30. The van der Waals surface area contributed by atoms with Crippen molar-refractivity contribution in [3.05, 3.63) is 29.3 Å². The van der Waals surface area contributed by atoms with E-state index in [-0.39, 0.29) is 5.91 Å². The third-order valence-electron chi connectivity index (χ3n) is 2.71. The van der Waals surface area contributed by atoms with E-state index in [1.54, 1.807) is 31.2 Å². The van der Waals surface area contributed by atoms with Crippen LogP contribution in [0.1, 0.15) is 19.8 Å². The first-order valence-corrected chi connectivity index (χ1v) is 6.41. The van der Waals surface area contributed by atoms with E-state index in [9.17, 15) is 4.79 Å². The van der Waals surface area contributed by atoms with Crippen LogP contribution in [0, 0.1) is 0 Å². The fourth-order valence-corrected chi connectivity index (χ4v) is 1.95. The number of hydrogen-bond acceptors (Lipinski definition) is 3. The van der Waals surface area contributed by atoms with E-state index < -0.39 is 6.10 Å². The number of hydrogen-bond donors (Lipinski definition) is 0. The van der Waals surface area contributed by atoms with Gasteiger partial charge in [0.15, 0.2) is 6.10 Å². The van der Waals surface area contributed by atoms with Gasteiger partial charge in [0.2, 0.25) is 0 Å². The fraction of sp³-hybridized carbons (Fsp3) is 0.462. The van der Waals surface area contributed by atoms with E-state index in [0.717, 1.165) is 12.8 Å². The van der Waals surface area contributed by atoms with Crippen molar-refractivity contribution in [2.75, 3.05) is 13.2 Å². The van der Waals surface area contributed by atoms with Gasteiger partial charge in [0.1, 0.15) is 5.75 Å². The summed E-state index contributed by atoms with van der Waals surface area (Å²) in [5.41, 5.74) is 0. The molecule has 0 aromatic heterocycles. The van der Waals surface area contributed by atoms with Crippen molar-refractivity contribution < 1.29 is 14.4 Å². The van der Waals surface area contributed by atoms with Crippen LogP contribution in [0.3, 0.4) is 0 Å². The van der Waals surface area contributed by atoms with Crippen molar-refractivity contribution in [2.45, 2.75) is 25.9 Å². The Balaban J connectivity index is 1.94. The minimum Gasteiger partial charge on any atom is -0.481 e. The van der Waals surface area contributed by atoms with Gasteiger partial charge in [-0.15, -0.1) is 0 Å². The molecular formula is C13H16ClNO3. The first-order chi connectivity index (χ1) is 8.66. The van der Waals surface area contributed by atoms with Crippen LogP contribution in [-0.4, -0.2) is 30.2 Å². The van der Waals surface area contributed by atoms with E-state index in [2.05, 4.69) is 0 Å². The maximum atomic E-state index is 12.0. The van der Waals surface area contributed by atoms with E-state index in [1.807, 2.05) is 0 Å². The summed E-state index contributed by atoms with van der Waals surface area (Å²) in [5.74, 6) is 0.426. The zero-order chi connectivity index (χ0) is 13.0. The molecule has 98 valence electrons.